The average Bonchev–Trinajstić information content (AvgIpc) is 3.25. The van der Waals surface area contributed by atoms with Crippen molar-refractivity contribution < 1.29 is 19.7 Å². The molecule has 0 fully saturated rings. The quantitative estimate of drug-likeness (QED) is 0.327. The van der Waals surface area contributed by atoms with Gasteiger partial charge in [-0.1, -0.05) is 12.1 Å². The van der Waals surface area contributed by atoms with Gasteiger partial charge in [-0.15, -0.1) is 12.4 Å². The number of aliphatic hydroxyl groups excluding tert-OH is 1. The van der Waals surface area contributed by atoms with E-state index in [0.717, 1.165) is 29.8 Å². The van der Waals surface area contributed by atoms with Crippen molar-refractivity contribution in [1.29, 1.82) is 0 Å². The first-order chi connectivity index (χ1) is 14.6. The van der Waals surface area contributed by atoms with Gasteiger partial charge in [0.2, 0.25) is 5.91 Å². The van der Waals surface area contributed by atoms with Gasteiger partial charge in [0.05, 0.1) is 6.42 Å². The minimum Gasteiger partial charge on any atom is -0.508 e. The normalized spacial score (nSPS) is 11.4. The monoisotopic (exact) mass is 462 g/mol. The van der Waals surface area contributed by atoms with Crippen molar-refractivity contribution in [2.24, 2.45) is 0 Å². The summed E-state index contributed by atoms with van der Waals surface area (Å²) in [5, 5.41) is 29.3. The van der Waals surface area contributed by atoms with E-state index >= 15 is 0 Å². The van der Waals surface area contributed by atoms with Crippen molar-refractivity contribution in [2.45, 2.75) is 18.9 Å². The first-order valence-electron chi connectivity index (χ1n) is 9.79. The highest BCUT2D eigenvalue weighted by Gasteiger charge is 2.06. The molecule has 4 N–H and O–H groups in total. The fourth-order valence-corrected chi connectivity index (χ4v) is 3.50. The number of carbonyl (C=O) groups is 1. The summed E-state index contributed by atoms with van der Waals surface area (Å²) >= 11 is 1.59. The third-order valence-corrected chi connectivity index (χ3v) is 5.16. The summed E-state index contributed by atoms with van der Waals surface area (Å²) in [7, 11) is 0. The van der Waals surface area contributed by atoms with Gasteiger partial charge in [-0.2, -0.15) is 11.3 Å². The second-order valence-electron chi connectivity index (χ2n) is 6.97. The van der Waals surface area contributed by atoms with Crippen molar-refractivity contribution in [3.8, 4) is 11.5 Å². The van der Waals surface area contributed by atoms with E-state index < -0.39 is 6.10 Å². The molecular weight excluding hydrogens is 436 g/mol. The maximum atomic E-state index is 12.0. The van der Waals surface area contributed by atoms with Crippen LogP contribution in [0.4, 0.5) is 5.69 Å². The Balaban J connectivity index is 0.00000341. The molecule has 0 aliphatic carbocycles. The number of hydrogen-bond acceptors (Lipinski definition) is 6. The largest absolute Gasteiger partial charge is 0.508 e. The molecule has 3 rings (SSSR count). The molecule has 0 saturated heterocycles. The van der Waals surface area contributed by atoms with Crippen LogP contribution in [-0.4, -0.2) is 41.9 Å². The van der Waals surface area contributed by atoms with Crippen LogP contribution in [0.25, 0.3) is 0 Å². The van der Waals surface area contributed by atoms with E-state index in [2.05, 4.69) is 10.6 Å². The third kappa shape index (κ3) is 8.98. The topological polar surface area (TPSA) is 90.8 Å². The number of rotatable bonds is 11. The lowest BCUT2D eigenvalue weighted by Gasteiger charge is -2.13. The van der Waals surface area contributed by atoms with E-state index in [-0.39, 0.29) is 30.7 Å². The predicted octanol–water partition coefficient (Wildman–Crippen LogP) is 3.63. The van der Waals surface area contributed by atoms with Gasteiger partial charge in [0.25, 0.3) is 0 Å². The minimum atomic E-state index is -0.625. The van der Waals surface area contributed by atoms with E-state index in [1.54, 1.807) is 35.6 Å². The Morgan fingerprint density at radius 3 is 2.45 bits per heavy atom. The fraction of sp³-hybridized carbons (Fsp3) is 0.261. The molecule has 0 aliphatic heterocycles. The first-order valence-corrected chi connectivity index (χ1v) is 10.7. The number of ether oxygens (including phenoxy) is 1. The molecule has 31 heavy (non-hydrogen) atoms. The van der Waals surface area contributed by atoms with E-state index in [0.29, 0.717) is 18.7 Å². The molecule has 1 amide bonds. The fourth-order valence-electron chi connectivity index (χ4n) is 2.83. The van der Waals surface area contributed by atoms with Crippen LogP contribution in [0.2, 0.25) is 0 Å². The summed E-state index contributed by atoms with van der Waals surface area (Å²) in [6.07, 6.45) is 0.572. The summed E-state index contributed by atoms with van der Waals surface area (Å²) in [6.45, 7) is 1.33. The second kappa shape index (κ2) is 13.0. The zero-order valence-corrected chi connectivity index (χ0v) is 18.6. The van der Waals surface area contributed by atoms with Crippen LogP contribution in [0.3, 0.4) is 0 Å². The van der Waals surface area contributed by atoms with Crippen LogP contribution in [0.1, 0.15) is 11.1 Å². The first kappa shape index (κ1) is 24.7. The molecule has 0 aliphatic rings. The van der Waals surface area contributed by atoms with Gasteiger partial charge in [-0.3, -0.25) is 4.79 Å². The van der Waals surface area contributed by atoms with Gasteiger partial charge < -0.3 is 25.6 Å². The number of carbonyl (C=O) groups excluding carboxylic acids is 1. The number of anilines is 1. The Kier molecular flexibility index (Phi) is 10.3. The number of amides is 1. The number of benzene rings is 2. The molecular formula is C23H27ClN2O4S. The average molecular weight is 463 g/mol. The molecule has 1 heterocycles. The Labute approximate surface area is 192 Å². The summed E-state index contributed by atoms with van der Waals surface area (Å²) in [5.41, 5.74) is 2.96. The van der Waals surface area contributed by atoms with Gasteiger partial charge in [-0.25, -0.2) is 0 Å². The van der Waals surface area contributed by atoms with Crippen LogP contribution in [0, 0.1) is 0 Å². The zero-order chi connectivity index (χ0) is 21.2. The molecule has 2 aromatic carbocycles. The number of aliphatic hydroxyl groups is 1. The Morgan fingerprint density at radius 1 is 1.03 bits per heavy atom. The Hall–Kier alpha value is -2.58. The highest BCUT2D eigenvalue weighted by molar-refractivity contribution is 7.08. The maximum absolute atomic E-state index is 12.0. The highest BCUT2D eigenvalue weighted by atomic mass is 35.5. The lowest BCUT2D eigenvalue weighted by Crippen LogP contribution is -2.32. The number of hydrogen-bond donors (Lipinski definition) is 4. The van der Waals surface area contributed by atoms with Crippen molar-refractivity contribution in [2.75, 3.05) is 25.0 Å². The Morgan fingerprint density at radius 2 is 1.77 bits per heavy atom. The smallest absolute Gasteiger partial charge is 0.228 e. The molecule has 0 saturated carbocycles. The van der Waals surface area contributed by atoms with Gasteiger partial charge in [0.15, 0.2) is 0 Å². The zero-order valence-electron chi connectivity index (χ0n) is 17.0. The van der Waals surface area contributed by atoms with Gasteiger partial charge in [0.1, 0.15) is 24.2 Å². The number of phenols is 1. The van der Waals surface area contributed by atoms with Crippen LogP contribution in [0.5, 0.6) is 11.5 Å². The van der Waals surface area contributed by atoms with Gasteiger partial charge in [-0.05, 0) is 77.3 Å². The SMILES string of the molecule is Cl.O=C(Cc1ccsc1)Nc1ccc(CCNC[C@H](O)COc2ccc(O)cc2)cc1. The molecule has 1 aromatic heterocycles. The van der Waals surface area contributed by atoms with Crippen molar-refractivity contribution in [3.05, 3.63) is 76.5 Å². The Bertz CT molecular complexity index is 902. The highest BCUT2D eigenvalue weighted by Crippen LogP contribution is 2.16. The summed E-state index contributed by atoms with van der Waals surface area (Å²) in [4.78, 5) is 12.0. The van der Waals surface area contributed by atoms with E-state index in [1.807, 2.05) is 41.1 Å². The number of halogens is 1. The summed E-state index contributed by atoms with van der Waals surface area (Å²) in [5.74, 6) is 0.763. The molecule has 3 aromatic rings. The van der Waals surface area contributed by atoms with Crippen LogP contribution < -0.4 is 15.4 Å². The van der Waals surface area contributed by atoms with Crippen molar-refractivity contribution >= 4 is 35.3 Å². The standard InChI is InChI=1S/C23H26N2O4S.ClH/c26-20-5-7-22(8-6-20)29-15-21(27)14-24-11-9-17-1-3-19(4-2-17)25-23(28)13-18-10-12-30-16-18;/h1-8,10,12,16,21,24,26-27H,9,11,13-15H2,(H,25,28);1H/t21-;/m0./s1. The lowest BCUT2D eigenvalue weighted by atomic mass is 10.1. The van der Waals surface area contributed by atoms with Crippen LogP contribution >= 0.6 is 23.7 Å². The van der Waals surface area contributed by atoms with E-state index in [4.69, 9.17) is 4.74 Å². The van der Waals surface area contributed by atoms with Gasteiger partial charge >= 0.3 is 0 Å². The molecule has 8 heteroatoms. The number of phenolic OH excluding ortho intramolecular Hbond substituents is 1. The summed E-state index contributed by atoms with van der Waals surface area (Å²) < 4.78 is 5.48. The molecule has 0 bridgehead atoms. The molecule has 6 nitrogen and oxygen atoms in total. The van der Waals surface area contributed by atoms with Gasteiger partial charge in [0, 0.05) is 12.2 Å². The van der Waals surface area contributed by atoms with Crippen molar-refractivity contribution in [3.63, 3.8) is 0 Å². The van der Waals surface area contributed by atoms with E-state index in [9.17, 15) is 15.0 Å². The number of aromatic hydroxyl groups is 1. The molecule has 0 unspecified atom stereocenters. The van der Waals surface area contributed by atoms with Crippen LogP contribution in [-0.2, 0) is 17.6 Å². The molecule has 0 spiro atoms. The second-order valence-corrected chi connectivity index (χ2v) is 7.75. The minimum absolute atomic E-state index is 0. The predicted molar refractivity (Wildman–Crippen MR) is 127 cm³/mol. The third-order valence-electron chi connectivity index (χ3n) is 4.43. The lowest BCUT2D eigenvalue weighted by molar-refractivity contribution is -0.115. The summed E-state index contributed by atoms with van der Waals surface area (Å²) in [6, 6.07) is 16.1. The molecule has 166 valence electrons. The maximum Gasteiger partial charge on any atom is 0.228 e. The van der Waals surface area contributed by atoms with Crippen LogP contribution in [0.15, 0.2) is 65.4 Å². The van der Waals surface area contributed by atoms with Crippen molar-refractivity contribution in [1.82, 2.24) is 5.32 Å². The number of nitrogens with one attached hydrogen (secondary N) is 2. The number of thiophene rings is 1. The molecule has 1 atom stereocenters. The molecule has 0 radical (unpaired) electrons. The van der Waals surface area contributed by atoms with E-state index in [1.165, 1.54) is 0 Å².